The van der Waals surface area contributed by atoms with Crippen molar-refractivity contribution in [2.24, 2.45) is 0 Å². The summed E-state index contributed by atoms with van der Waals surface area (Å²) < 4.78 is 18.8. The van der Waals surface area contributed by atoms with Gasteiger partial charge in [0.1, 0.15) is 11.3 Å². The zero-order chi connectivity index (χ0) is 14.3. The van der Waals surface area contributed by atoms with Gasteiger partial charge in [0.15, 0.2) is 17.1 Å². The zero-order valence-corrected chi connectivity index (χ0v) is 10.3. The van der Waals surface area contributed by atoms with Crippen molar-refractivity contribution in [2.75, 3.05) is 0 Å². The van der Waals surface area contributed by atoms with Crippen LogP contribution in [0.25, 0.3) is 28.6 Å². The molecule has 2 aromatic carbocycles. The van der Waals surface area contributed by atoms with E-state index in [1.165, 1.54) is 24.3 Å². The number of halogens is 1. The van der Waals surface area contributed by atoms with Gasteiger partial charge in [0.2, 0.25) is 5.89 Å². The van der Waals surface area contributed by atoms with E-state index in [0.29, 0.717) is 16.7 Å². The third-order valence-corrected chi connectivity index (χ3v) is 3.00. The molecule has 0 aliphatic heterocycles. The average molecular weight is 271 g/mol. The first-order valence-electron chi connectivity index (χ1n) is 5.84. The van der Waals surface area contributed by atoms with Crippen LogP contribution >= 0.6 is 0 Å². The molecule has 0 aliphatic carbocycles. The number of rotatable bonds is 2. The normalized spacial score (nSPS) is 10.8. The van der Waals surface area contributed by atoms with Crippen LogP contribution in [-0.4, -0.2) is 15.2 Å². The van der Waals surface area contributed by atoms with Gasteiger partial charge in [-0.15, -0.1) is 0 Å². The number of phenolic OH excluding ortho intramolecular Hbond substituents is 2. The number of para-hydroxylation sites is 1. The van der Waals surface area contributed by atoms with E-state index < -0.39 is 11.6 Å². The summed E-state index contributed by atoms with van der Waals surface area (Å²) in [6.45, 7) is 3.60. The van der Waals surface area contributed by atoms with Crippen LogP contribution in [0.1, 0.15) is 5.56 Å². The van der Waals surface area contributed by atoms with Gasteiger partial charge in [-0.1, -0.05) is 18.7 Å². The Morgan fingerprint density at radius 3 is 2.75 bits per heavy atom. The second-order valence-electron chi connectivity index (χ2n) is 4.20. The zero-order valence-electron chi connectivity index (χ0n) is 10.3. The Morgan fingerprint density at radius 1 is 1.20 bits per heavy atom. The second-order valence-corrected chi connectivity index (χ2v) is 4.20. The smallest absolute Gasteiger partial charge is 0.231 e. The van der Waals surface area contributed by atoms with Gasteiger partial charge in [0.05, 0.1) is 5.56 Å². The number of hydrogen-bond acceptors (Lipinski definition) is 4. The summed E-state index contributed by atoms with van der Waals surface area (Å²) in [5.41, 5.74) is 1.39. The molecule has 3 rings (SSSR count). The summed E-state index contributed by atoms with van der Waals surface area (Å²) >= 11 is 0. The van der Waals surface area contributed by atoms with Crippen molar-refractivity contribution in [1.29, 1.82) is 0 Å². The maximum Gasteiger partial charge on any atom is 0.231 e. The maximum atomic E-state index is 13.4. The topological polar surface area (TPSA) is 66.5 Å². The molecule has 5 heteroatoms. The molecule has 0 amide bonds. The Balaban J connectivity index is 2.28. The number of aromatic hydroxyl groups is 2. The van der Waals surface area contributed by atoms with E-state index >= 15 is 0 Å². The summed E-state index contributed by atoms with van der Waals surface area (Å²) in [6.07, 6.45) is 1.45. The van der Waals surface area contributed by atoms with Crippen LogP contribution < -0.4 is 0 Å². The van der Waals surface area contributed by atoms with Gasteiger partial charge in [0.25, 0.3) is 0 Å². The lowest BCUT2D eigenvalue weighted by Gasteiger charge is -1.99. The predicted molar refractivity (Wildman–Crippen MR) is 72.8 cm³/mol. The van der Waals surface area contributed by atoms with Crippen LogP contribution in [0.4, 0.5) is 4.39 Å². The van der Waals surface area contributed by atoms with Crippen LogP contribution in [0.15, 0.2) is 41.3 Å². The molecule has 100 valence electrons. The third-order valence-electron chi connectivity index (χ3n) is 3.00. The van der Waals surface area contributed by atoms with Gasteiger partial charge in [-0.3, -0.25) is 0 Å². The average Bonchev–Trinajstić information content (AvgIpc) is 2.85. The minimum Gasteiger partial charge on any atom is -0.507 e. The van der Waals surface area contributed by atoms with Gasteiger partial charge in [0, 0.05) is 5.56 Å². The molecule has 3 aromatic rings. The molecule has 0 bridgehead atoms. The first kappa shape index (κ1) is 12.2. The highest BCUT2D eigenvalue weighted by molar-refractivity contribution is 5.88. The molecule has 0 radical (unpaired) electrons. The number of benzene rings is 2. The summed E-state index contributed by atoms with van der Waals surface area (Å²) in [5.74, 6) is -1.18. The molecule has 0 saturated heterocycles. The molecule has 1 aromatic heterocycles. The number of aromatic nitrogens is 1. The Kier molecular flexibility index (Phi) is 2.68. The predicted octanol–water partition coefficient (Wildman–Crippen LogP) is 3.69. The van der Waals surface area contributed by atoms with E-state index in [1.807, 2.05) is 0 Å². The van der Waals surface area contributed by atoms with Gasteiger partial charge in [-0.25, -0.2) is 9.37 Å². The van der Waals surface area contributed by atoms with E-state index in [-0.39, 0.29) is 17.2 Å². The molecule has 0 aliphatic rings. The first-order valence-corrected chi connectivity index (χ1v) is 5.84. The van der Waals surface area contributed by atoms with Crippen LogP contribution in [0.3, 0.4) is 0 Å². The fourth-order valence-electron chi connectivity index (χ4n) is 2.01. The van der Waals surface area contributed by atoms with Crippen molar-refractivity contribution in [3.8, 4) is 23.0 Å². The second kappa shape index (κ2) is 4.38. The highest BCUT2D eigenvalue weighted by Crippen LogP contribution is 2.35. The summed E-state index contributed by atoms with van der Waals surface area (Å²) in [6, 6.07) is 7.09. The molecule has 0 saturated carbocycles. The fourth-order valence-corrected chi connectivity index (χ4v) is 2.01. The third kappa shape index (κ3) is 1.72. The number of nitrogens with zero attached hydrogens (tertiary/aromatic N) is 1. The monoisotopic (exact) mass is 271 g/mol. The maximum absolute atomic E-state index is 13.4. The van der Waals surface area contributed by atoms with Crippen molar-refractivity contribution >= 4 is 17.2 Å². The highest BCUT2D eigenvalue weighted by atomic mass is 19.1. The van der Waals surface area contributed by atoms with Gasteiger partial charge in [-0.2, -0.15) is 0 Å². The fraction of sp³-hybridized carbons (Fsp3) is 0. The molecule has 20 heavy (non-hydrogen) atoms. The van der Waals surface area contributed by atoms with Crippen molar-refractivity contribution in [3.05, 3.63) is 48.3 Å². The minimum absolute atomic E-state index is 0.0239. The lowest BCUT2D eigenvalue weighted by molar-refractivity contribution is 0.432. The van der Waals surface area contributed by atoms with Crippen molar-refractivity contribution in [2.45, 2.75) is 0 Å². The Bertz CT molecular complexity index is 823. The van der Waals surface area contributed by atoms with E-state index in [2.05, 4.69) is 11.6 Å². The number of hydrogen-bond donors (Lipinski definition) is 2. The summed E-state index contributed by atoms with van der Waals surface area (Å²) in [4.78, 5) is 4.19. The van der Waals surface area contributed by atoms with Crippen LogP contribution in [0.5, 0.6) is 11.5 Å². The molecular weight excluding hydrogens is 261 g/mol. The van der Waals surface area contributed by atoms with Crippen LogP contribution in [-0.2, 0) is 0 Å². The molecule has 0 atom stereocenters. The number of phenols is 2. The lowest BCUT2D eigenvalue weighted by atomic mass is 10.1. The SMILES string of the molecule is C=Cc1c(O)ccc2oc(-c3cccc(F)c3O)nc12. The van der Waals surface area contributed by atoms with Gasteiger partial charge < -0.3 is 14.6 Å². The first-order chi connectivity index (χ1) is 9.61. The van der Waals surface area contributed by atoms with E-state index in [0.717, 1.165) is 6.07 Å². The largest absolute Gasteiger partial charge is 0.507 e. The van der Waals surface area contributed by atoms with Crippen molar-refractivity contribution in [3.63, 3.8) is 0 Å². The Morgan fingerprint density at radius 2 is 2.00 bits per heavy atom. The Hall–Kier alpha value is -2.82. The number of fused-ring (bicyclic) bond motifs is 1. The quantitative estimate of drug-likeness (QED) is 0.746. The molecule has 2 N–H and O–H groups in total. The van der Waals surface area contributed by atoms with Crippen molar-refractivity contribution in [1.82, 2.24) is 4.98 Å². The molecule has 4 nitrogen and oxygen atoms in total. The molecule has 0 unspecified atom stereocenters. The summed E-state index contributed by atoms with van der Waals surface area (Å²) in [5, 5.41) is 19.4. The van der Waals surface area contributed by atoms with E-state index in [4.69, 9.17) is 4.42 Å². The molecule has 0 fully saturated rings. The van der Waals surface area contributed by atoms with Crippen LogP contribution in [0.2, 0.25) is 0 Å². The van der Waals surface area contributed by atoms with Gasteiger partial charge in [-0.05, 0) is 24.3 Å². The minimum atomic E-state index is -0.753. The van der Waals surface area contributed by atoms with Crippen LogP contribution in [0, 0.1) is 5.82 Å². The van der Waals surface area contributed by atoms with E-state index in [1.54, 1.807) is 6.07 Å². The van der Waals surface area contributed by atoms with E-state index in [9.17, 15) is 14.6 Å². The lowest BCUT2D eigenvalue weighted by Crippen LogP contribution is -1.83. The molecule has 0 spiro atoms. The highest BCUT2D eigenvalue weighted by Gasteiger charge is 2.17. The van der Waals surface area contributed by atoms with Crippen molar-refractivity contribution < 1.29 is 19.0 Å². The number of oxazole rings is 1. The van der Waals surface area contributed by atoms with Gasteiger partial charge >= 0.3 is 0 Å². The Labute approximate surface area is 113 Å². The molecular formula is C15H10FNO3. The standard InChI is InChI=1S/C15H10FNO3/c1-2-8-11(18)6-7-12-13(8)17-15(20-12)9-4-3-5-10(16)14(9)19/h2-7,18-19H,1H2. The summed E-state index contributed by atoms with van der Waals surface area (Å²) in [7, 11) is 0. The molecule has 1 heterocycles.